The number of piperidine rings is 1. The van der Waals surface area contributed by atoms with E-state index in [1.807, 2.05) is 6.82 Å². The molecule has 1 aliphatic rings. The van der Waals surface area contributed by atoms with Crippen LogP contribution in [0.1, 0.15) is 12.8 Å². The molecular weight excluding hydrogens is 268 g/mol. The average Bonchev–Trinajstić information content (AvgIpc) is 2.33. The summed E-state index contributed by atoms with van der Waals surface area (Å²) in [5.74, 6) is 0.609. The maximum absolute atomic E-state index is 12.0. The summed E-state index contributed by atoms with van der Waals surface area (Å²) in [6, 6.07) is 5.33. The molecule has 1 aliphatic heterocycles. The molecule has 1 unspecified atom stereocenters. The van der Waals surface area contributed by atoms with E-state index in [0.29, 0.717) is 34.6 Å². The van der Waals surface area contributed by atoms with Crippen LogP contribution in [0.25, 0.3) is 0 Å². The third-order valence-corrected chi connectivity index (χ3v) is 3.89. The van der Waals surface area contributed by atoms with Crippen molar-refractivity contribution in [3.05, 3.63) is 28.2 Å². The van der Waals surface area contributed by atoms with Crippen LogP contribution in [0.4, 0.5) is 5.69 Å². The third kappa shape index (κ3) is 2.84. The highest BCUT2D eigenvalue weighted by atomic mass is 35.5. The lowest BCUT2D eigenvalue weighted by atomic mass is 9.70. The second kappa shape index (κ2) is 5.98. The van der Waals surface area contributed by atoms with Crippen molar-refractivity contribution in [1.29, 1.82) is 0 Å². The summed E-state index contributed by atoms with van der Waals surface area (Å²) in [7, 11) is 2.15. The molecule has 1 atom stereocenters. The van der Waals surface area contributed by atoms with E-state index in [0.717, 1.165) is 12.7 Å². The lowest BCUT2D eigenvalue weighted by Gasteiger charge is -2.33. The van der Waals surface area contributed by atoms with Gasteiger partial charge in [0.1, 0.15) is 7.28 Å². The van der Waals surface area contributed by atoms with E-state index < -0.39 is 0 Å². The molecule has 0 aliphatic carbocycles. The number of nitrogens with zero attached hydrogens (tertiary/aromatic N) is 1. The Bertz CT molecular complexity index is 432. The van der Waals surface area contributed by atoms with Gasteiger partial charge in [0, 0.05) is 13.0 Å². The Morgan fingerprint density at radius 3 is 2.67 bits per heavy atom. The van der Waals surface area contributed by atoms with Crippen LogP contribution >= 0.6 is 23.2 Å². The maximum Gasteiger partial charge on any atom is 0.227 e. The Hall–Kier alpha value is -0.665. The fourth-order valence-electron chi connectivity index (χ4n) is 2.40. The van der Waals surface area contributed by atoms with Crippen molar-refractivity contribution in [3.8, 4) is 0 Å². The zero-order valence-electron chi connectivity index (χ0n) is 10.3. The van der Waals surface area contributed by atoms with Gasteiger partial charge >= 0.3 is 0 Å². The summed E-state index contributed by atoms with van der Waals surface area (Å²) < 4.78 is 0. The van der Waals surface area contributed by atoms with E-state index in [2.05, 4.69) is 7.28 Å². The predicted molar refractivity (Wildman–Crippen MR) is 78.0 cm³/mol. The number of hydrogen-bond donors (Lipinski definition) is 0. The minimum absolute atomic E-state index is 0.109. The lowest BCUT2D eigenvalue weighted by molar-refractivity contribution is -0.120. The van der Waals surface area contributed by atoms with Crippen LogP contribution in [0.3, 0.4) is 0 Å². The van der Waals surface area contributed by atoms with E-state index in [1.165, 1.54) is 0 Å². The van der Waals surface area contributed by atoms with Gasteiger partial charge in [-0.15, -0.1) is 0 Å². The molecule has 1 aromatic carbocycles. The molecule has 2 nitrogen and oxygen atoms in total. The van der Waals surface area contributed by atoms with Gasteiger partial charge in [0.15, 0.2) is 0 Å². The summed E-state index contributed by atoms with van der Waals surface area (Å²) in [4.78, 5) is 13.8. The Balaban J connectivity index is 2.27. The van der Waals surface area contributed by atoms with Gasteiger partial charge in [-0.05, 0) is 24.5 Å². The molecule has 1 heterocycles. The summed E-state index contributed by atoms with van der Waals surface area (Å²) in [5, 5.41) is 1.08. The van der Waals surface area contributed by atoms with Gasteiger partial charge in [-0.25, -0.2) is 0 Å². The van der Waals surface area contributed by atoms with E-state index in [1.54, 1.807) is 23.1 Å². The number of para-hydroxylation sites is 1. The molecule has 1 saturated heterocycles. The van der Waals surface area contributed by atoms with Crippen LogP contribution in [0.15, 0.2) is 18.2 Å². The third-order valence-electron chi connectivity index (χ3n) is 3.28. The molecule has 1 fully saturated rings. The second-order valence-corrected chi connectivity index (χ2v) is 5.44. The fourth-order valence-corrected chi connectivity index (χ4v) is 3.00. The smallest absolute Gasteiger partial charge is 0.227 e. The van der Waals surface area contributed by atoms with Gasteiger partial charge in [0.2, 0.25) is 5.91 Å². The molecule has 5 heteroatoms. The summed E-state index contributed by atoms with van der Waals surface area (Å²) in [6.07, 6.45) is 2.54. The van der Waals surface area contributed by atoms with Gasteiger partial charge in [0.25, 0.3) is 0 Å². The van der Waals surface area contributed by atoms with E-state index in [-0.39, 0.29) is 5.91 Å². The largest absolute Gasteiger partial charge is 0.309 e. The summed E-state index contributed by atoms with van der Waals surface area (Å²) >= 11 is 12.3. The molecular formula is C13H15BCl2NO. The first-order valence-electron chi connectivity index (χ1n) is 6.15. The van der Waals surface area contributed by atoms with E-state index >= 15 is 0 Å². The molecule has 1 amide bonds. The quantitative estimate of drug-likeness (QED) is 0.770. The first-order valence-corrected chi connectivity index (χ1v) is 6.91. The number of benzene rings is 1. The number of halogens is 2. The van der Waals surface area contributed by atoms with Crippen molar-refractivity contribution >= 4 is 42.1 Å². The maximum atomic E-state index is 12.0. The Kier molecular flexibility index (Phi) is 4.57. The molecule has 2 rings (SSSR count). The Labute approximate surface area is 118 Å². The lowest BCUT2D eigenvalue weighted by Crippen LogP contribution is -2.40. The number of rotatable bonds is 3. The zero-order valence-corrected chi connectivity index (χ0v) is 11.8. The van der Waals surface area contributed by atoms with Crippen molar-refractivity contribution in [3.63, 3.8) is 0 Å². The van der Waals surface area contributed by atoms with E-state index in [4.69, 9.17) is 23.2 Å². The minimum atomic E-state index is 0.109. The van der Waals surface area contributed by atoms with Crippen LogP contribution in [0, 0.1) is 5.92 Å². The SMILES string of the molecule is C[B]CC1CCC(=O)N(c2c(Cl)cccc2Cl)C1. The van der Waals surface area contributed by atoms with Gasteiger partial charge in [0.05, 0.1) is 15.7 Å². The predicted octanol–water partition coefficient (Wildman–Crippen LogP) is 3.91. The van der Waals surface area contributed by atoms with Crippen LogP contribution in [0.5, 0.6) is 0 Å². The van der Waals surface area contributed by atoms with E-state index in [9.17, 15) is 4.79 Å². The number of hydrogen-bond acceptors (Lipinski definition) is 1. The average molecular weight is 283 g/mol. The normalized spacial score (nSPS) is 20.1. The van der Waals surface area contributed by atoms with Crippen molar-refractivity contribution in [2.75, 3.05) is 11.4 Å². The standard InChI is InChI=1S/C13H15BCl2NO/c1-14-7-9-5-6-12(18)17(8-9)13-10(15)3-2-4-11(13)16/h2-4,9H,5-8H2,1H3. The van der Waals surface area contributed by atoms with Crippen LogP contribution in [-0.4, -0.2) is 19.7 Å². The van der Waals surface area contributed by atoms with Gasteiger partial charge in [-0.1, -0.05) is 42.4 Å². The molecule has 0 saturated carbocycles. The van der Waals surface area contributed by atoms with Gasteiger partial charge in [-0.3, -0.25) is 4.79 Å². The molecule has 1 radical (unpaired) electrons. The molecule has 1 aromatic rings. The number of carbonyl (C=O) groups excluding carboxylic acids is 1. The number of carbonyl (C=O) groups is 1. The highest BCUT2D eigenvalue weighted by Gasteiger charge is 2.28. The first-order chi connectivity index (χ1) is 8.63. The Morgan fingerprint density at radius 2 is 2.06 bits per heavy atom. The first kappa shape index (κ1) is 13.8. The van der Waals surface area contributed by atoms with Crippen LogP contribution in [-0.2, 0) is 4.79 Å². The van der Waals surface area contributed by atoms with Crippen molar-refractivity contribution < 1.29 is 4.79 Å². The Morgan fingerprint density at radius 1 is 1.39 bits per heavy atom. The van der Waals surface area contributed by atoms with Crippen molar-refractivity contribution in [2.24, 2.45) is 5.92 Å². The monoisotopic (exact) mass is 282 g/mol. The van der Waals surface area contributed by atoms with Crippen LogP contribution < -0.4 is 4.90 Å². The number of anilines is 1. The molecule has 0 spiro atoms. The van der Waals surface area contributed by atoms with Crippen molar-refractivity contribution in [2.45, 2.75) is 26.0 Å². The molecule has 0 bridgehead atoms. The molecule has 18 heavy (non-hydrogen) atoms. The van der Waals surface area contributed by atoms with Crippen molar-refractivity contribution in [1.82, 2.24) is 0 Å². The zero-order chi connectivity index (χ0) is 13.1. The highest BCUT2D eigenvalue weighted by Crippen LogP contribution is 2.36. The molecule has 0 aromatic heterocycles. The van der Waals surface area contributed by atoms with Gasteiger partial charge in [-0.2, -0.15) is 0 Å². The summed E-state index contributed by atoms with van der Waals surface area (Å²) in [6.45, 7) is 2.75. The topological polar surface area (TPSA) is 20.3 Å². The fraction of sp³-hybridized carbons (Fsp3) is 0.462. The number of amides is 1. The highest BCUT2D eigenvalue weighted by molar-refractivity contribution is 6.40. The minimum Gasteiger partial charge on any atom is -0.309 e. The summed E-state index contributed by atoms with van der Waals surface area (Å²) in [5.41, 5.74) is 0.659. The molecule has 95 valence electrons. The second-order valence-electron chi connectivity index (χ2n) is 4.62. The van der Waals surface area contributed by atoms with Crippen LogP contribution in [0.2, 0.25) is 23.2 Å². The molecule has 0 N–H and O–H groups in total. The van der Waals surface area contributed by atoms with Gasteiger partial charge < -0.3 is 4.90 Å².